The fraction of sp³-hybridized carbons (Fsp3) is 0.136. The van der Waals surface area contributed by atoms with Crippen LogP contribution in [0.4, 0.5) is 0 Å². The fourth-order valence-corrected chi connectivity index (χ4v) is 4.66. The van der Waals surface area contributed by atoms with E-state index in [0.29, 0.717) is 12.3 Å². The molecule has 2 aromatic carbocycles. The molecule has 0 atom stereocenters. The Labute approximate surface area is 190 Å². The highest BCUT2D eigenvalue weighted by atomic mass is 32.2. The highest BCUT2D eigenvalue weighted by Gasteiger charge is 2.27. The number of carbonyl (C=O) groups is 1. The van der Waals surface area contributed by atoms with Crippen molar-refractivity contribution >= 4 is 15.9 Å². The smallest absolute Gasteiger partial charge is 0.270 e. The monoisotopic (exact) mass is 467 g/mol. The van der Waals surface area contributed by atoms with Gasteiger partial charge in [-0.2, -0.15) is 10.2 Å². The van der Waals surface area contributed by atoms with Crippen molar-refractivity contribution in [3.05, 3.63) is 84.4 Å². The van der Waals surface area contributed by atoms with Gasteiger partial charge in [0.15, 0.2) is 4.90 Å². The lowest BCUT2D eigenvalue weighted by atomic mass is 10.1. The average molecular weight is 468 g/mol. The fourth-order valence-electron chi connectivity index (χ4n) is 3.34. The minimum atomic E-state index is -4.32. The first kappa shape index (κ1) is 22.1. The van der Waals surface area contributed by atoms with E-state index in [1.54, 1.807) is 53.6 Å². The molecule has 4 rings (SSSR count). The summed E-state index contributed by atoms with van der Waals surface area (Å²) in [5.74, 6) is -0.295. The first-order valence-electron chi connectivity index (χ1n) is 9.81. The molecule has 0 aliphatic rings. The number of aromatic nitrogens is 4. The van der Waals surface area contributed by atoms with Gasteiger partial charge in [-0.15, -0.1) is 0 Å². The van der Waals surface area contributed by atoms with E-state index in [1.165, 1.54) is 43.3 Å². The van der Waals surface area contributed by atoms with Crippen LogP contribution in [0.25, 0.3) is 5.69 Å². The zero-order chi connectivity index (χ0) is 23.4. The number of nitrogens with zero attached hydrogens (tertiary/aromatic N) is 4. The molecule has 0 fully saturated rings. The third-order valence-corrected chi connectivity index (χ3v) is 6.27. The summed E-state index contributed by atoms with van der Waals surface area (Å²) < 4.78 is 42.4. The van der Waals surface area contributed by atoms with E-state index in [4.69, 9.17) is 9.47 Å². The Hall–Kier alpha value is -4.12. The number of amides is 1. The largest absolute Gasteiger partial charge is 0.496 e. The molecule has 11 heteroatoms. The van der Waals surface area contributed by atoms with Crippen LogP contribution in [0.5, 0.6) is 11.5 Å². The first-order valence-corrected chi connectivity index (χ1v) is 11.3. The quantitative estimate of drug-likeness (QED) is 0.422. The number of hydrogen-bond acceptors (Lipinski definition) is 7. The number of rotatable bonds is 8. The molecule has 1 amide bonds. The highest BCUT2D eigenvalue weighted by molar-refractivity contribution is 7.90. The molecule has 0 saturated heterocycles. The van der Waals surface area contributed by atoms with Crippen molar-refractivity contribution in [3.8, 4) is 17.2 Å². The maximum Gasteiger partial charge on any atom is 0.270 e. The molecule has 170 valence electrons. The molecule has 1 N–H and O–H groups in total. The summed E-state index contributed by atoms with van der Waals surface area (Å²) in [7, 11) is -1.49. The Kier molecular flexibility index (Phi) is 6.13. The number of hydrogen-bond donors (Lipinski definition) is 1. The summed E-state index contributed by atoms with van der Waals surface area (Å²) in [6.45, 7) is 0.435. The van der Waals surface area contributed by atoms with E-state index < -0.39 is 15.9 Å². The van der Waals surface area contributed by atoms with E-state index >= 15 is 0 Å². The van der Waals surface area contributed by atoms with Gasteiger partial charge >= 0.3 is 0 Å². The number of sulfonamides is 1. The third kappa shape index (κ3) is 4.58. The molecule has 0 unspecified atom stereocenters. The summed E-state index contributed by atoms with van der Waals surface area (Å²) in [4.78, 5) is 12.7. The zero-order valence-electron chi connectivity index (χ0n) is 17.9. The van der Waals surface area contributed by atoms with Crippen molar-refractivity contribution in [1.82, 2.24) is 24.3 Å². The van der Waals surface area contributed by atoms with Crippen LogP contribution in [0.3, 0.4) is 0 Å². The number of carbonyl (C=O) groups excluding carboxylic acids is 1. The molecule has 0 saturated carbocycles. The standard InChI is InChI=1S/C22H21N5O5S/c1-31-19-7-3-6-18(27-13-5-11-24-27)21(19)33(29,30)25-22(28)16-8-9-17(20(14-16)32-2)15-26-12-4-10-23-26/h3-14H,15H2,1-2H3,(H,25,28). The number of methoxy groups -OCH3 is 2. The zero-order valence-corrected chi connectivity index (χ0v) is 18.7. The van der Waals surface area contributed by atoms with Crippen LogP contribution < -0.4 is 14.2 Å². The molecule has 4 aromatic rings. The van der Waals surface area contributed by atoms with Gasteiger partial charge in [0.2, 0.25) is 0 Å². The Morgan fingerprint density at radius 2 is 1.73 bits per heavy atom. The van der Waals surface area contributed by atoms with Crippen molar-refractivity contribution in [2.24, 2.45) is 0 Å². The van der Waals surface area contributed by atoms with E-state index in [-0.39, 0.29) is 21.9 Å². The van der Waals surface area contributed by atoms with Gasteiger partial charge in [0.25, 0.3) is 15.9 Å². The van der Waals surface area contributed by atoms with Gasteiger partial charge in [-0.1, -0.05) is 12.1 Å². The van der Waals surface area contributed by atoms with Gasteiger partial charge in [-0.3, -0.25) is 9.48 Å². The second-order valence-corrected chi connectivity index (χ2v) is 8.54. The lowest BCUT2D eigenvalue weighted by molar-refractivity contribution is 0.0981. The predicted octanol–water partition coefficient (Wildman–Crippen LogP) is 2.25. The van der Waals surface area contributed by atoms with Gasteiger partial charge in [-0.05, 0) is 36.4 Å². The maximum atomic E-state index is 13.2. The van der Waals surface area contributed by atoms with Crippen molar-refractivity contribution in [3.63, 3.8) is 0 Å². The topological polar surface area (TPSA) is 117 Å². The minimum Gasteiger partial charge on any atom is -0.496 e. The van der Waals surface area contributed by atoms with Gasteiger partial charge in [0.1, 0.15) is 11.5 Å². The van der Waals surface area contributed by atoms with Crippen LogP contribution in [0.1, 0.15) is 15.9 Å². The second-order valence-electron chi connectivity index (χ2n) is 6.92. The Morgan fingerprint density at radius 1 is 0.970 bits per heavy atom. The lowest BCUT2D eigenvalue weighted by Gasteiger charge is -2.15. The van der Waals surface area contributed by atoms with Crippen molar-refractivity contribution in [1.29, 1.82) is 0 Å². The lowest BCUT2D eigenvalue weighted by Crippen LogP contribution is -2.31. The second kappa shape index (κ2) is 9.17. The van der Waals surface area contributed by atoms with Crippen LogP contribution in [0.2, 0.25) is 0 Å². The molecule has 2 heterocycles. The van der Waals surface area contributed by atoms with Gasteiger partial charge in [0.05, 0.1) is 26.5 Å². The van der Waals surface area contributed by atoms with Gasteiger partial charge in [-0.25, -0.2) is 17.8 Å². The molecule has 0 aliphatic heterocycles. The summed E-state index contributed by atoms with van der Waals surface area (Å²) in [5, 5.41) is 8.25. The maximum absolute atomic E-state index is 13.2. The van der Waals surface area contributed by atoms with Crippen LogP contribution in [0, 0.1) is 0 Å². The molecule has 33 heavy (non-hydrogen) atoms. The molecular formula is C22H21N5O5S. The molecule has 2 aromatic heterocycles. The summed E-state index contributed by atoms with van der Waals surface area (Å²) in [6.07, 6.45) is 6.58. The van der Waals surface area contributed by atoms with Crippen molar-refractivity contribution in [2.75, 3.05) is 14.2 Å². The van der Waals surface area contributed by atoms with E-state index in [1.807, 2.05) is 0 Å². The van der Waals surface area contributed by atoms with E-state index in [9.17, 15) is 13.2 Å². The average Bonchev–Trinajstić information content (AvgIpc) is 3.53. The first-order chi connectivity index (χ1) is 15.9. The summed E-state index contributed by atoms with van der Waals surface area (Å²) in [6, 6.07) is 12.9. The van der Waals surface area contributed by atoms with Crippen LogP contribution >= 0.6 is 0 Å². The van der Waals surface area contributed by atoms with Crippen LogP contribution in [0.15, 0.2) is 78.2 Å². The number of benzene rings is 2. The van der Waals surface area contributed by atoms with Crippen LogP contribution in [-0.2, 0) is 16.6 Å². The molecular weight excluding hydrogens is 446 g/mol. The molecule has 10 nitrogen and oxygen atoms in total. The predicted molar refractivity (Wildman–Crippen MR) is 119 cm³/mol. The normalized spacial score (nSPS) is 11.2. The summed E-state index contributed by atoms with van der Waals surface area (Å²) in [5.41, 5.74) is 1.15. The van der Waals surface area contributed by atoms with Crippen molar-refractivity contribution < 1.29 is 22.7 Å². The summed E-state index contributed by atoms with van der Waals surface area (Å²) >= 11 is 0. The Morgan fingerprint density at radius 3 is 2.39 bits per heavy atom. The van der Waals surface area contributed by atoms with Crippen LogP contribution in [-0.4, -0.2) is 48.1 Å². The SMILES string of the molecule is COc1cc(C(=O)NS(=O)(=O)c2c(OC)cccc2-n2cccn2)ccc1Cn1cccn1. The highest BCUT2D eigenvalue weighted by Crippen LogP contribution is 2.30. The van der Waals surface area contributed by atoms with Crippen molar-refractivity contribution in [2.45, 2.75) is 11.4 Å². The molecule has 0 aliphatic carbocycles. The Bertz CT molecular complexity index is 1370. The minimum absolute atomic E-state index is 0.0791. The number of ether oxygens (including phenoxy) is 2. The van der Waals surface area contributed by atoms with Gasteiger partial charge in [0, 0.05) is 35.9 Å². The number of nitrogens with one attached hydrogen (secondary N) is 1. The van der Waals surface area contributed by atoms with E-state index in [0.717, 1.165) is 5.56 Å². The Balaban J connectivity index is 1.65. The van der Waals surface area contributed by atoms with Gasteiger partial charge < -0.3 is 9.47 Å². The third-order valence-electron chi connectivity index (χ3n) is 4.87. The molecule has 0 radical (unpaired) electrons. The molecule has 0 bridgehead atoms. The molecule has 0 spiro atoms. The van der Waals surface area contributed by atoms with E-state index in [2.05, 4.69) is 14.9 Å².